The summed E-state index contributed by atoms with van der Waals surface area (Å²) >= 11 is 0. The van der Waals surface area contributed by atoms with Gasteiger partial charge in [-0.1, -0.05) is 0 Å². The molecule has 14 nitrogen and oxygen atoms in total. The number of nitrogens with zero attached hydrogens (tertiary/aromatic N) is 4. The molecule has 4 aliphatic rings. The Morgan fingerprint density at radius 3 is 2.33 bits per heavy atom. The Hall–Kier alpha value is -4.17. The van der Waals surface area contributed by atoms with Gasteiger partial charge in [-0.05, 0) is 57.0 Å². The second-order valence-electron chi connectivity index (χ2n) is 12.3. The molecule has 1 heterocycles. The normalized spacial score (nSPS) is 30.3. The fourth-order valence-corrected chi connectivity index (χ4v) is 7.06. The minimum absolute atomic E-state index is 0.0195. The number of aliphatic imine (C=N–C) groups is 1. The van der Waals surface area contributed by atoms with Crippen LogP contribution in [0.2, 0.25) is 0 Å². The number of fused-ring (bicyclic) bond motifs is 3. The standard InChI is InChI=1S/C29H37N7O7/c1-34(2)18-11-14(33-19(37)12-32-28(31)36-6-5-7-36)10-16-15(18)8-13-9-17-22(35(3)4)24(39)21(27(30)42)26(41)29(17,43)25(40)20(13)23(16)38/h10-11,13,17,20-22,43H,5-9,12H2,1-4H3,(H2,30,42)(H2,31,32)(H,33,37)/t13?,17?,20?,21?,22-,29-/m0/s1. The van der Waals surface area contributed by atoms with Crippen LogP contribution in [-0.4, -0.2) is 115 Å². The van der Waals surface area contributed by atoms with Gasteiger partial charge in [-0.2, -0.15) is 0 Å². The highest BCUT2D eigenvalue weighted by atomic mass is 16.3. The highest BCUT2D eigenvalue weighted by Gasteiger charge is 2.69. The van der Waals surface area contributed by atoms with E-state index in [0.29, 0.717) is 16.9 Å². The topological polar surface area (TPSA) is 209 Å². The van der Waals surface area contributed by atoms with Crippen molar-refractivity contribution in [3.63, 3.8) is 0 Å². The van der Waals surface area contributed by atoms with E-state index in [1.807, 2.05) is 4.90 Å². The Morgan fingerprint density at radius 2 is 1.77 bits per heavy atom. The zero-order valence-electron chi connectivity index (χ0n) is 24.6. The van der Waals surface area contributed by atoms with E-state index in [9.17, 15) is 33.9 Å². The molecule has 1 aromatic carbocycles. The minimum Gasteiger partial charge on any atom is -0.377 e. The molecule has 1 aromatic rings. The number of hydrogen-bond acceptors (Lipinski definition) is 10. The molecule has 3 fully saturated rings. The molecule has 230 valence electrons. The summed E-state index contributed by atoms with van der Waals surface area (Å²) < 4.78 is 0. The van der Waals surface area contributed by atoms with Gasteiger partial charge < -0.3 is 31.7 Å². The van der Waals surface area contributed by atoms with Crippen molar-refractivity contribution in [1.82, 2.24) is 9.80 Å². The molecule has 6 atom stereocenters. The van der Waals surface area contributed by atoms with Gasteiger partial charge in [-0.15, -0.1) is 0 Å². The third-order valence-electron chi connectivity index (χ3n) is 9.23. The molecule has 4 unspecified atom stereocenters. The number of carbonyl (C=O) groups is 6. The van der Waals surface area contributed by atoms with Crippen molar-refractivity contribution in [3.8, 4) is 0 Å². The van der Waals surface area contributed by atoms with Crippen molar-refractivity contribution >= 4 is 52.3 Å². The van der Waals surface area contributed by atoms with E-state index in [-0.39, 0.29) is 30.9 Å². The van der Waals surface area contributed by atoms with Crippen LogP contribution in [0.1, 0.15) is 28.8 Å². The molecule has 1 aliphatic heterocycles. The lowest BCUT2D eigenvalue weighted by atomic mass is 9.52. The van der Waals surface area contributed by atoms with Crippen LogP contribution in [0.4, 0.5) is 11.4 Å². The van der Waals surface area contributed by atoms with Crippen LogP contribution in [0.15, 0.2) is 17.1 Å². The van der Waals surface area contributed by atoms with Crippen LogP contribution < -0.4 is 21.7 Å². The van der Waals surface area contributed by atoms with Crippen molar-refractivity contribution in [1.29, 1.82) is 0 Å². The predicted octanol–water partition coefficient (Wildman–Crippen LogP) is -1.81. The second kappa shape index (κ2) is 10.8. The first-order valence-corrected chi connectivity index (χ1v) is 14.2. The summed E-state index contributed by atoms with van der Waals surface area (Å²) in [5.41, 5.74) is 10.3. The van der Waals surface area contributed by atoms with Gasteiger partial charge in [-0.25, -0.2) is 4.99 Å². The van der Waals surface area contributed by atoms with Gasteiger partial charge in [0.1, 0.15) is 6.54 Å². The lowest BCUT2D eigenvalue weighted by Crippen LogP contribution is -2.74. The molecule has 5 rings (SSSR count). The number of guanidine groups is 1. The molecule has 14 heteroatoms. The van der Waals surface area contributed by atoms with E-state index in [4.69, 9.17) is 11.5 Å². The van der Waals surface area contributed by atoms with E-state index in [1.165, 1.54) is 11.0 Å². The molecule has 43 heavy (non-hydrogen) atoms. The third-order valence-corrected chi connectivity index (χ3v) is 9.23. The Labute approximate surface area is 248 Å². The van der Waals surface area contributed by atoms with Crippen LogP contribution in [-0.2, 0) is 30.4 Å². The summed E-state index contributed by atoms with van der Waals surface area (Å²) in [6.45, 7) is 1.35. The van der Waals surface area contributed by atoms with Crippen LogP contribution in [0.25, 0.3) is 0 Å². The number of aliphatic hydroxyl groups is 1. The molecule has 2 amide bonds. The van der Waals surface area contributed by atoms with Crippen molar-refractivity contribution in [2.45, 2.75) is 30.9 Å². The number of benzene rings is 1. The van der Waals surface area contributed by atoms with Gasteiger partial charge >= 0.3 is 0 Å². The molecule has 0 spiro atoms. The fraction of sp³-hybridized carbons (Fsp3) is 0.552. The molecule has 0 bridgehead atoms. The van der Waals surface area contributed by atoms with Gasteiger partial charge in [-0.3, -0.25) is 33.7 Å². The number of Topliss-reactive ketones (excluding diaryl/α,β-unsaturated/α-hetero) is 4. The molecule has 3 aliphatic carbocycles. The van der Waals surface area contributed by atoms with Crippen molar-refractivity contribution < 1.29 is 33.9 Å². The maximum absolute atomic E-state index is 14.0. The van der Waals surface area contributed by atoms with Gasteiger partial charge in [0.2, 0.25) is 11.8 Å². The minimum atomic E-state index is -2.73. The quantitative estimate of drug-likeness (QED) is 0.164. The monoisotopic (exact) mass is 595 g/mol. The van der Waals surface area contributed by atoms with Gasteiger partial charge in [0.05, 0.1) is 12.0 Å². The average Bonchev–Trinajstić information content (AvgIpc) is 2.88. The lowest BCUT2D eigenvalue weighted by Gasteiger charge is -2.52. The first-order valence-electron chi connectivity index (χ1n) is 14.2. The second-order valence-corrected chi connectivity index (χ2v) is 12.3. The number of anilines is 2. The Balaban J connectivity index is 1.50. The number of nitrogens with two attached hydrogens (primary N) is 2. The molecular weight excluding hydrogens is 558 g/mol. The highest BCUT2D eigenvalue weighted by Crippen LogP contribution is 2.51. The summed E-state index contributed by atoms with van der Waals surface area (Å²) in [7, 11) is 6.68. The van der Waals surface area contributed by atoms with Crippen LogP contribution in [0, 0.1) is 23.7 Å². The van der Waals surface area contributed by atoms with E-state index >= 15 is 0 Å². The first-order chi connectivity index (χ1) is 20.2. The number of primary amides is 1. The number of carbonyl (C=O) groups excluding carboxylic acids is 6. The van der Waals surface area contributed by atoms with Gasteiger partial charge in [0.25, 0.3) is 0 Å². The summed E-state index contributed by atoms with van der Waals surface area (Å²) in [6, 6.07) is 2.07. The van der Waals surface area contributed by atoms with Crippen molar-refractivity contribution in [2.75, 3.05) is 58.0 Å². The number of amides is 2. The Bertz CT molecular complexity index is 1470. The van der Waals surface area contributed by atoms with E-state index < -0.39 is 70.3 Å². The highest BCUT2D eigenvalue weighted by molar-refractivity contribution is 6.32. The first kappa shape index (κ1) is 30.3. The van der Waals surface area contributed by atoms with Crippen LogP contribution >= 0.6 is 0 Å². The summed E-state index contributed by atoms with van der Waals surface area (Å²) in [5.74, 6) is -10.3. The average molecular weight is 596 g/mol. The van der Waals surface area contributed by atoms with Gasteiger partial charge in [0, 0.05) is 50.0 Å². The number of hydrogen-bond donors (Lipinski definition) is 4. The van der Waals surface area contributed by atoms with E-state index in [0.717, 1.165) is 19.5 Å². The molecule has 2 saturated carbocycles. The van der Waals surface area contributed by atoms with Crippen LogP contribution in [0.5, 0.6) is 0 Å². The molecule has 0 aromatic heterocycles. The number of likely N-dealkylation sites (tertiary alicyclic amines) is 1. The Morgan fingerprint density at radius 1 is 1.09 bits per heavy atom. The Kier molecular flexibility index (Phi) is 7.63. The maximum Gasteiger partial charge on any atom is 0.246 e. The van der Waals surface area contributed by atoms with E-state index in [2.05, 4.69) is 10.3 Å². The lowest BCUT2D eigenvalue weighted by molar-refractivity contribution is -0.181. The van der Waals surface area contributed by atoms with E-state index in [1.54, 1.807) is 39.2 Å². The van der Waals surface area contributed by atoms with Crippen LogP contribution in [0.3, 0.4) is 0 Å². The zero-order valence-corrected chi connectivity index (χ0v) is 24.6. The molecule has 1 saturated heterocycles. The SMILES string of the molecule is CN(C)c1cc(NC(=O)CN=C(N)N2CCC2)cc2c1CC1CC3[C@H](N(C)C)C(=O)C(C(N)=O)C(=O)[C@@]3(O)C(=O)C1C2=O. The van der Waals surface area contributed by atoms with Crippen molar-refractivity contribution in [2.24, 2.45) is 40.1 Å². The largest absolute Gasteiger partial charge is 0.377 e. The fourth-order valence-electron chi connectivity index (χ4n) is 7.06. The number of rotatable bonds is 6. The summed E-state index contributed by atoms with van der Waals surface area (Å²) in [6.07, 6.45) is 1.28. The maximum atomic E-state index is 14.0. The predicted molar refractivity (Wildman–Crippen MR) is 155 cm³/mol. The third kappa shape index (κ3) is 4.78. The summed E-state index contributed by atoms with van der Waals surface area (Å²) in [4.78, 5) is 88.8. The van der Waals surface area contributed by atoms with Gasteiger partial charge in [0.15, 0.2) is 40.6 Å². The smallest absolute Gasteiger partial charge is 0.246 e. The number of ketones is 4. The number of nitrogens with one attached hydrogen (secondary N) is 1. The molecule has 0 radical (unpaired) electrons. The zero-order chi connectivity index (χ0) is 31.5. The molecule has 6 N–H and O–H groups in total. The molecular formula is C29H37N7O7. The summed E-state index contributed by atoms with van der Waals surface area (Å²) in [5, 5.41) is 14.5. The van der Waals surface area contributed by atoms with Crippen molar-refractivity contribution in [3.05, 3.63) is 23.3 Å². The number of likely N-dealkylation sites (N-methyl/N-ethyl adjacent to an activating group) is 1.